The minimum atomic E-state index is -0.941. The van der Waals surface area contributed by atoms with E-state index in [1.165, 1.54) is 0 Å². The van der Waals surface area contributed by atoms with Gasteiger partial charge in [0.05, 0.1) is 27.1 Å². The standard InChI is InChI=1S/C13H20BrN3O2/c1-15(2)9-7-8(13(18)19)10(14)12(17(5)6)11(9)16(3)4/h7H,1-6H3,(H,18,19). The van der Waals surface area contributed by atoms with E-state index in [9.17, 15) is 9.90 Å². The third kappa shape index (κ3) is 2.94. The Labute approximate surface area is 122 Å². The second kappa shape index (κ2) is 5.69. The topological polar surface area (TPSA) is 47.0 Å². The number of anilines is 3. The molecule has 106 valence electrons. The third-order valence-corrected chi connectivity index (χ3v) is 3.60. The number of benzene rings is 1. The highest BCUT2D eigenvalue weighted by Gasteiger charge is 2.23. The number of rotatable bonds is 4. The Hall–Kier alpha value is -1.43. The fraction of sp³-hybridized carbons (Fsp3) is 0.462. The normalized spacial score (nSPS) is 10.3. The van der Waals surface area contributed by atoms with E-state index in [2.05, 4.69) is 15.9 Å². The molecule has 0 spiro atoms. The van der Waals surface area contributed by atoms with E-state index in [4.69, 9.17) is 0 Å². The zero-order valence-electron chi connectivity index (χ0n) is 12.2. The van der Waals surface area contributed by atoms with Crippen LogP contribution in [0.15, 0.2) is 10.5 Å². The van der Waals surface area contributed by atoms with Crippen LogP contribution in [-0.2, 0) is 0 Å². The number of carboxylic acid groups (broad SMARTS) is 1. The molecule has 1 aromatic carbocycles. The molecule has 0 atom stereocenters. The summed E-state index contributed by atoms with van der Waals surface area (Å²) in [6.45, 7) is 0. The summed E-state index contributed by atoms with van der Waals surface area (Å²) >= 11 is 3.42. The first kappa shape index (κ1) is 15.6. The highest BCUT2D eigenvalue weighted by Crippen LogP contribution is 2.43. The minimum Gasteiger partial charge on any atom is -0.478 e. The minimum absolute atomic E-state index is 0.262. The van der Waals surface area contributed by atoms with Crippen LogP contribution in [0.2, 0.25) is 0 Å². The van der Waals surface area contributed by atoms with Gasteiger partial charge in [-0.05, 0) is 22.0 Å². The average Bonchev–Trinajstić information content (AvgIpc) is 2.26. The Morgan fingerprint density at radius 3 is 1.79 bits per heavy atom. The molecule has 0 saturated heterocycles. The summed E-state index contributed by atoms with van der Waals surface area (Å²) in [4.78, 5) is 17.2. The van der Waals surface area contributed by atoms with Crippen LogP contribution in [0.5, 0.6) is 0 Å². The summed E-state index contributed by atoms with van der Waals surface area (Å²) in [6, 6.07) is 1.69. The Bertz CT molecular complexity index is 499. The van der Waals surface area contributed by atoms with E-state index < -0.39 is 5.97 Å². The fourth-order valence-electron chi connectivity index (χ4n) is 1.97. The Balaban J connectivity index is 3.78. The molecular formula is C13H20BrN3O2. The van der Waals surface area contributed by atoms with E-state index in [1.807, 2.05) is 57.0 Å². The monoisotopic (exact) mass is 329 g/mol. The number of carbonyl (C=O) groups is 1. The van der Waals surface area contributed by atoms with Crippen LogP contribution >= 0.6 is 15.9 Å². The van der Waals surface area contributed by atoms with Gasteiger partial charge in [0.1, 0.15) is 0 Å². The van der Waals surface area contributed by atoms with E-state index in [-0.39, 0.29) is 5.56 Å². The lowest BCUT2D eigenvalue weighted by molar-refractivity contribution is 0.0696. The van der Waals surface area contributed by atoms with Crippen LogP contribution in [0, 0.1) is 0 Å². The molecular weight excluding hydrogens is 310 g/mol. The van der Waals surface area contributed by atoms with Crippen LogP contribution in [0.4, 0.5) is 17.1 Å². The van der Waals surface area contributed by atoms with Gasteiger partial charge in [-0.25, -0.2) is 4.79 Å². The van der Waals surface area contributed by atoms with Gasteiger partial charge in [0.25, 0.3) is 0 Å². The first-order valence-electron chi connectivity index (χ1n) is 5.80. The highest BCUT2D eigenvalue weighted by atomic mass is 79.9. The van der Waals surface area contributed by atoms with E-state index in [1.54, 1.807) is 6.07 Å². The van der Waals surface area contributed by atoms with Crippen LogP contribution in [0.25, 0.3) is 0 Å². The molecule has 6 heteroatoms. The molecule has 0 radical (unpaired) electrons. The third-order valence-electron chi connectivity index (χ3n) is 2.80. The number of nitrogens with zero attached hydrogens (tertiary/aromatic N) is 3. The smallest absolute Gasteiger partial charge is 0.336 e. The molecule has 19 heavy (non-hydrogen) atoms. The highest BCUT2D eigenvalue weighted by molar-refractivity contribution is 9.10. The number of hydrogen-bond donors (Lipinski definition) is 1. The molecule has 1 rings (SSSR count). The number of hydrogen-bond acceptors (Lipinski definition) is 4. The largest absolute Gasteiger partial charge is 0.478 e. The molecule has 0 bridgehead atoms. The van der Waals surface area contributed by atoms with Crippen molar-refractivity contribution in [1.82, 2.24) is 0 Å². The SMILES string of the molecule is CN(C)c1cc(C(=O)O)c(Br)c(N(C)C)c1N(C)C. The molecule has 0 aliphatic rings. The summed E-state index contributed by atoms with van der Waals surface area (Å²) in [6.07, 6.45) is 0. The van der Waals surface area contributed by atoms with Gasteiger partial charge in [0.15, 0.2) is 0 Å². The van der Waals surface area contributed by atoms with Crippen molar-refractivity contribution >= 4 is 39.0 Å². The quantitative estimate of drug-likeness (QED) is 0.918. The van der Waals surface area contributed by atoms with Crippen molar-refractivity contribution in [3.63, 3.8) is 0 Å². The van der Waals surface area contributed by atoms with E-state index in [0.29, 0.717) is 4.47 Å². The average molecular weight is 330 g/mol. The summed E-state index contributed by atoms with van der Waals surface area (Å²) in [7, 11) is 11.5. The van der Waals surface area contributed by atoms with Crippen LogP contribution in [0.3, 0.4) is 0 Å². The maximum Gasteiger partial charge on any atom is 0.336 e. The lowest BCUT2D eigenvalue weighted by Crippen LogP contribution is -2.22. The van der Waals surface area contributed by atoms with Crippen LogP contribution in [-0.4, -0.2) is 53.4 Å². The summed E-state index contributed by atoms with van der Waals surface area (Å²) < 4.78 is 0.597. The Kier molecular flexibility index (Phi) is 4.68. The summed E-state index contributed by atoms with van der Waals surface area (Å²) in [5.74, 6) is -0.941. The van der Waals surface area contributed by atoms with Gasteiger partial charge in [-0.1, -0.05) is 0 Å². The molecule has 0 unspecified atom stereocenters. The molecule has 1 N–H and O–H groups in total. The van der Waals surface area contributed by atoms with Crippen molar-refractivity contribution in [3.05, 3.63) is 16.1 Å². The molecule has 0 fully saturated rings. The number of carboxylic acids is 1. The maximum absolute atomic E-state index is 11.4. The molecule has 5 nitrogen and oxygen atoms in total. The van der Waals surface area contributed by atoms with Gasteiger partial charge >= 0.3 is 5.97 Å². The molecule has 0 heterocycles. The summed E-state index contributed by atoms with van der Waals surface area (Å²) in [5, 5.41) is 9.33. The molecule has 0 aliphatic heterocycles. The van der Waals surface area contributed by atoms with Gasteiger partial charge < -0.3 is 19.8 Å². The zero-order chi connectivity index (χ0) is 14.9. The fourth-order valence-corrected chi connectivity index (χ4v) is 2.79. The summed E-state index contributed by atoms with van der Waals surface area (Å²) in [5.41, 5.74) is 2.97. The van der Waals surface area contributed by atoms with E-state index in [0.717, 1.165) is 17.1 Å². The Morgan fingerprint density at radius 2 is 1.47 bits per heavy atom. The lowest BCUT2D eigenvalue weighted by atomic mass is 10.1. The Morgan fingerprint density at radius 1 is 1.00 bits per heavy atom. The predicted molar refractivity (Wildman–Crippen MR) is 84.1 cm³/mol. The van der Waals surface area contributed by atoms with Crippen molar-refractivity contribution in [3.8, 4) is 0 Å². The molecule has 0 aromatic heterocycles. The van der Waals surface area contributed by atoms with Crippen molar-refractivity contribution in [2.24, 2.45) is 0 Å². The molecule has 1 aromatic rings. The molecule has 0 amide bonds. The number of aromatic carboxylic acids is 1. The van der Waals surface area contributed by atoms with Gasteiger partial charge in [0.2, 0.25) is 0 Å². The first-order valence-corrected chi connectivity index (χ1v) is 6.59. The van der Waals surface area contributed by atoms with Crippen LogP contribution < -0.4 is 14.7 Å². The molecule has 0 saturated carbocycles. The van der Waals surface area contributed by atoms with Gasteiger partial charge in [-0.15, -0.1) is 0 Å². The first-order chi connectivity index (χ1) is 8.68. The van der Waals surface area contributed by atoms with Crippen molar-refractivity contribution in [1.29, 1.82) is 0 Å². The van der Waals surface area contributed by atoms with Crippen molar-refractivity contribution in [2.45, 2.75) is 0 Å². The number of halogens is 1. The lowest BCUT2D eigenvalue weighted by Gasteiger charge is -2.30. The van der Waals surface area contributed by atoms with Crippen molar-refractivity contribution < 1.29 is 9.90 Å². The second-order valence-electron chi connectivity index (χ2n) is 4.94. The van der Waals surface area contributed by atoms with Crippen LogP contribution in [0.1, 0.15) is 10.4 Å². The van der Waals surface area contributed by atoms with E-state index >= 15 is 0 Å². The van der Waals surface area contributed by atoms with Crippen molar-refractivity contribution in [2.75, 3.05) is 57.0 Å². The van der Waals surface area contributed by atoms with Gasteiger partial charge in [0, 0.05) is 42.3 Å². The van der Waals surface area contributed by atoms with Gasteiger partial charge in [-0.2, -0.15) is 0 Å². The molecule has 0 aliphatic carbocycles. The zero-order valence-corrected chi connectivity index (χ0v) is 13.7. The predicted octanol–water partition coefficient (Wildman–Crippen LogP) is 2.35. The second-order valence-corrected chi connectivity index (χ2v) is 5.74. The van der Waals surface area contributed by atoms with Gasteiger partial charge in [-0.3, -0.25) is 0 Å². The maximum atomic E-state index is 11.4.